The lowest BCUT2D eigenvalue weighted by Crippen LogP contribution is -2.46. The van der Waals surface area contributed by atoms with E-state index in [9.17, 15) is 4.79 Å². The molecule has 0 unspecified atom stereocenters. The van der Waals surface area contributed by atoms with Crippen LogP contribution in [0.25, 0.3) is 0 Å². The van der Waals surface area contributed by atoms with Crippen molar-refractivity contribution in [3.8, 4) is 0 Å². The third-order valence-corrected chi connectivity index (χ3v) is 3.48. The molecular weight excluding hydrogens is 188 g/mol. The lowest BCUT2D eigenvalue weighted by Gasteiger charge is -2.38. The maximum absolute atomic E-state index is 12.2. The summed E-state index contributed by atoms with van der Waals surface area (Å²) in [5.41, 5.74) is -0.449. The van der Waals surface area contributed by atoms with Gasteiger partial charge in [-0.2, -0.15) is 0 Å². The minimum atomic E-state index is -0.449. The standard InChI is InChI=1S/C13H24O2/c1-5-15-13(12(14)10(2)3)8-6-11(4)7-9-13/h10-11H,5-9H2,1-4H3. The van der Waals surface area contributed by atoms with Gasteiger partial charge in [-0.1, -0.05) is 20.8 Å². The Labute approximate surface area is 93.4 Å². The first kappa shape index (κ1) is 12.7. The zero-order valence-electron chi connectivity index (χ0n) is 10.5. The van der Waals surface area contributed by atoms with Gasteiger partial charge < -0.3 is 4.74 Å². The van der Waals surface area contributed by atoms with Gasteiger partial charge in [-0.05, 0) is 38.5 Å². The van der Waals surface area contributed by atoms with Crippen LogP contribution in [-0.2, 0) is 9.53 Å². The predicted molar refractivity (Wildman–Crippen MR) is 61.8 cm³/mol. The average molecular weight is 212 g/mol. The Hall–Kier alpha value is -0.370. The van der Waals surface area contributed by atoms with Gasteiger partial charge in [0.05, 0.1) is 0 Å². The first-order valence-electron chi connectivity index (χ1n) is 6.20. The van der Waals surface area contributed by atoms with E-state index in [1.54, 1.807) is 0 Å². The molecule has 0 saturated heterocycles. The minimum absolute atomic E-state index is 0.0879. The van der Waals surface area contributed by atoms with E-state index in [4.69, 9.17) is 4.74 Å². The van der Waals surface area contributed by atoms with Gasteiger partial charge in [0, 0.05) is 12.5 Å². The van der Waals surface area contributed by atoms with Crippen LogP contribution in [0, 0.1) is 11.8 Å². The van der Waals surface area contributed by atoms with E-state index >= 15 is 0 Å². The monoisotopic (exact) mass is 212 g/mol. The molecule has 0 aliphatic heterocycles. The van der Waals surface area contributed by atoms with Gasteiger partial charge in [0.25, 0.3) is 0 Å². The van der Waals surface area contributed by atoms with Gasteiger partial charge in [0.1, 0.15) is 5.60 Å². The summed E-state index contributed by atoms with van der Waals surface area (Å²) in [6.07, 6.45) is 4.08. The van der Waals surface area contributed by atoms with E-state index in [1.807, 2.05) is 20.8 Å². The molecular formula is C13H24O2. The maximum Gasteiger partial charge on any atom is 0.167 e. The molecule has 0 N–H and O–H groups in total. The number of rotatable bonds is 4. The maximum atomic E-state index is 12.2. The Morgan fingerprint density at radius 1 is 1.40 bits per heavy atom. The molecule has 15 heavy (non-hydrogen) atoms. The molecule has 1 saturated carbocycles. The number of hydrogen-bond donors (Lipinski definition) is 0. The molecule has 2 nitrogen and oxygen atoms in total. The first-order valence-corrected chi connectivity index (χ1v) is 6.20. The third-order valence-electron chi connectivity index (χ3n) is 3.48. The molecule has 0 amide bonds. The van der Waals surface area contributed by atoms with Crippen LogP contribution in [0.4, 0.5) is 0 Å². The van der Waals surface area contributed by atoms with Gasteiger partial charge >= 0.3 is 0 Å². The first-order chi connectivity index (χ1) is 7.02. The fraction of sp³-hybridized carbons (Fsp3) is 0.923. The average Bonchev–Trinajstić information content (AvgIpc) is 2.21. The number of ether oxygens (including phenoxy) is 1. The predicted octanol–water partition coefficient (Wildman–Crippen LogP) is 3.20. The normalized spacial score (nSPS) is 31.9. The largest absolute Gasteiger partial charge is 0.367 e. The Kier molecular flexibility index (Phi) is 4.32. The van der Waals surface area contributed by atoms with E-state index in [0.29, 0.717) is 12.4 Å². The van der Waals surface area contributed by atoms with Gasteiger partial charge in [-0.3, -0.25) is 4.79 Å². The summed E-state index contributed by atoms with van der Waals surface area (Å²) in [4.78, 5) is 12.2. The molecule has 88 valence electrons. The van der Waals surface area contributed by atoms with Crippen LogP contribution in [0.3, 0.4) is 0 Å². The molecule has 0 aromatic heterocycles. The zero-order valence-corrected chi connectivity index (χ0v) is 10.5. The summed E-state index contributed by atoms with van der Waals surface area (Å²) >= 11 is 0. The van der Waals surface area contributed by atoms with Crippen LogP contribution in [0.1, 0.15) is 53.4 Å². The summed E-state index contributed by atoms with van der Waals surface area (Å²) in [7, 11) is 0. The molecule has 0 bridgehead atoms. The smallest absolute Gasteiger partial charge is 0.167 e. The zero-order chi connectivity index (χ0) is 11.5. The van der Waals surface area contributed by atoms with Crippen molar-refractivity contribution in [1.82, 2.24) is 0 Å². The molecule has 0 atom stereocenters. The molecule has 0 heterocycles. The van der Waals surface area contributed by atoms with E-state index in [2.05, 4.69) is 6.92 Å². The summed E-state index contributed by atoms with van der Waals surface area (Å²) in [6.45, 7) is 8.83. The Morgan fingerprint density at radius 2 is 1.93 bits per heavy atom. The van der Waals surface area contributed by atoms with Crippen molar-refractivity contribution in [2.45, 2.75) is 59.0 Å². The van der Waals surface area contributed by atoms with Gasteiger partial charge in [-0.15, -0.1) is 0 Å². The van der Waals surface area contributed by atoms with Crippen molar-refractivity contribution in [3.63, 3.8) is 0 Å². The van der Waals surface area contributed by atoms with E-state index in [-0.39, 0.29) is 5.92 Å². The molecule has 0 aromatic carbocycles. The number of carbonyl (C=O) groups is 1. The van der Waals surface area contributed by atoms with E-state index < -0.39 is 5.60 Å². The van der Waals surface area contributed by atoms with E-state index in [0.717, 1.165) is 31.6 Å². The van der Waals surface area contributed by atoms with Crippen molar-refractivity contribution in [2.24, 2.45) is 11.8 Å². The van der Waals surface area contributed by atoms with Crippen LogP contribution in [-0.4, -0.2) is 18.0 Å². The molecule has 2 heteroatoms. The van der Waals surface area contributed by atoms with Gasteiger partial charge in [0.15, 0.2) is 5.78 Å². The third kappa shape index (κ3) is 2.81. The lowest BCUT2D eigenvalue weighted by atomic mass is 9.74. The molecule has 1 aliphatic carbocycles. The highest BCUT2D eigenvalue weighted by atomic mass is 16.5. The van der Waals surface area contributed by atoms with Crippen LogP contribution in [0.15, 0.2) is 0 Å². The summed E-state index contributed by atoms with van der Waals surface area (Å²) in [6, 6.07) is 0. The second-order valence-corrected chi connectivity index (χ2v) is 5.13. The molecule has 0 spiro atoms. The van der Waals surface area contributed by atoms with Crippen molar-refractivity contribution >= 4 is 5.78 Å². The minimum Gasteiger partial charge on any atom is -0.367 e. The number of Topliss-reactive ketones (excluding diaryl/α,β-unsaturated/α-hetero) is 1. The van der Waals surface area contributed by atoms with Crippen molar-refractivity contribution < 1.29 is 9.53 Å². The SMILES string of the molecule is CCOC1(C(=O)C(C)C)CCC(C)CC1. The van der Waals surface area contributed by atoms with Gasteiger partial charge in [-0.25, -0.2) is 0 Å². The van der Waals surface area contributed by atoms with E-state index in [1.165, 1.54) is 0 Å². The molecule has 0 radical (unpaired) electrons. The second-order valence-electron chi connectivity index (χ2n) is 5.13. The Balaban J connectivity index is 2.75. The number of hydrogen-bond acceptors (Lipinski definition) is 2. The molecule has 1 rings (SSSR count). The summed E-state index contributed by atoms with van der Waals surface area (Å²) in [5.74, 6) is 1.14. The number of carbonyl (C=O) groups excluding carboxylic acids is 1. The fourth-order valence-electron chi connectivity index (χ4n) is 2.49. The highest BCUT2D eigenvalue weighted by molar-refractivity contribution is 5.89. The Morgan fingerprint density at radius 3 is 2.33 bits per heavy atom. The summed E-state index contributed by atoms with van der Waals surface area (Å²) in [5, 5.41) is 0. The molecule has 1 aliphatic rings. The van der Waals surface area contributed by atoms with Crippen LogP contribution >= 0.6 is 0 Å². The molecule has 0 aromatic rings. The van der Waals surface area contributed by atoms with Crippen LogP contribution < -0.4 is 0 Å². The highest BCUT2D eigenvalue weighted by Gasteiger charge is 2.42. The molecule has 1 fully saturated rings. The number of ketones is 1. The van der Waals surface area contributed by atoms with Crippen molar-refractivity contribution in [1.29, 1.82) is 0 Å². The van der Waals surface area contributed by atoms with Crippen molar-refractivity contribution in [3.05, 3.63) is 0 Å². The quantitative estimate of drug-likeness (QED) is 0.715. The highest BCUT2D eigenvalue weighted by Crippen LogP contribution is 2.37. The van der Waals surface area contributed by atoms with Crippen LogP contribution in [0.5, 0.6) is 0 Å². The van der Waals surface area contributed by atoms with Gasteiger partial charge in [0.2, 0.25) is 0 Å². The Bertz CT molecular complexity index is 213. The summed E-state index contributed by atoms with van der Waals surface area (Å²) < 4.78 is 5.79. The topological polar surface area (TPSA) is 26.3 Å². The van der Waals surface area contributed by atoms with Crippen molar-refractivity contribution in [2.75, 3.05) is 6.61 Å². The van der Waals surface area contributed by atoms with Crippen LogP contribution in [0.2, 0.25) is 0 Å². The lowest BCUT2D eigenvalue weighted by molar-refractivity contribution is -0.153. The fourth-order valence-corrected chi connectivity index (χ4v) is 2.49. The second kappa shape index (κ2) is 5.11.